The Kier molecular flexibility index (Phi) is 3.77. The highest BCUT2D eigenvalue weighted by Gasteiger charge is 2.24. The van der Waals surface area contributed by atoms with Crippen LogP contribution in [-0.4, -0.2) is 25.7 Å². The molecule has 1 aliphatic heterocycles. The van der Waals surface area contributed by atoms with E-state index in [2.05, 4.69) is 5.32 Å². The third kappa shape index (κ3) is 2.84. The quantitative estimate of drug-likeness (QED) is 0.941. The van der Waals surface area contributed by atoms with Crippen molar-refractivity contribution in [3.8, 4) is 11.5 Å². The average molecular weight is 283 g/mol. The number of rotatable bonds is 3. The third-order valence-electron chi connectivity index (χ3n) is 3.57. The molecular weight excluding hydrogens is 266 g/mol. The Morgan fingerprint density at radius 1 is 1.19 bits per heavy atom. The van der Waals surface area contributed by atoms with Crippen molar-refractivity contribution in [2.75, 3.05) is 13.7 Å². The predicted molar refractivity (Wildman–Crippen MR) is 79.9 cm³/mol. The lowest BCUT2D eigenvalue weighted by Crippen LogP contribution is -2.42. The van der Waals surface area contributed by atoms with E-state index in [1.807, 2.05) is 36.4 Å². The molecule has 1 atom stereocenters. The Labute approximate surface area is 123 Å². The van der Waals surface area contributed by atoms with Crippen LogP contribution < -0.4 is 14.8 Å². The molecule has 0 spiro atoms. The van der Waals surface area contributed by atoms with Crippen molar-refractivity contribution >= 4 is 5.91 Å². The zero-order valence-corrected chi connectivity index (χ0v) is 11.8. The minimum atomic E-state index is -0.0810. The number of fused-ring (bicyclic) bond motifs is 1. The summed E-state index contributed by atoms with van der Waals surface area (Å²) in [5.74, 6) is 1.55. The molecule has 2 aromatic carbocycles. The van der Waals surface area contributed by atoms with Gasteiger partial charge in [-0.3, -0.25) is 4.79 Å². The zero-order chi connectivity index (χ0) is 14.7. The van der Waals surface area contributed by atoms with Gasteiger partial charge in [-0.15, -0.1) is 0 Å². The van der Waals surface area contributed by atoms with E-state index in [1.54, 1.807) is 19.2 Å². The van der Waals surface area contributed by atoms with Crippen LogP contribution in [-0.2, 0) is 6.42 Å². The highest BCUT2D eigenvalue weighted by molar-refractivity contribution is 5.94. The number of benzene rings is 2. The topological polar surface area (TPSA) is 47.6 Å². The van der Waals surface area contributed by atoms with Crippen molar-refractivity contribution in [1.29, 1.82) is 0 Å². The number of ether oxygens (including phenoxy) is 2. The summed E-state index contributed by atoms with van der Waals surface area (Å²) in [6, 6.07) is 14.9. The fourth-order valence-corrected chi connectivity index (χ4v) is 2.52. The Morgan fingerprint density at radius 3 is 2.76 bits per heavy atom. The van der Waals surface area contributed by atoms with E-state index < -0.39 is 0 Å². The average Bonchev–Trinajstić information content (AvgIpc) is 2.55. The van der Waals surface area contributed by atoms with Gasteiger partial charge in [-0.05, 0) is 24.3 Å². The van der Waals surface area contributed by atoms with Crippen LogP contribution in [0.1, 0.15) is 15.9 Å². The Hall–Kier alpha value is -2.49. The molecule has 1 amide bonds. The molecule has 3 rings (SSSR count). The lowest BCUT2D eigenvalue weighted by molar-refractivity contribution is 0.0914. The predicted octanol–water partition coefficient (Wildman–Crippen LogP) is 2.43. The minimum Gasteiger partial charge on any atom is -0.496 e. The van der Waals surface area contributed by atoms with Crippen LogP contribution in [0.15, 0.2) is 48.5 Å². The van der Waals surface area contributed by atoms with Gasteiger partial charge >= 0.3 is 0 Å². The first kappa shape index (κ1) is 13.5. The van der Waals surface area contributed by atoms with E-state index in [-0.39, 0.29) is 11.9 Å². The van der Waals surface area contributed by atoms with Crippen molar-refractivity contribution in [3.63, 3.8) is 0 Å². The molecule has 1 unspecified atom stereocenters. The summed E-state index contributed by atoms with van der Waals surface area (Å²) in [6.07, 6.45) is 0.706. The maximum absolute atomic E-state index is 12.2. The van der Waals surface area contributed by atoms with E-state index >= 15 is 0 Å². The fraction of sp³-hybridized carbons (Fsp3) is 0.235. The van der Waals surface area contributed by atoms with E-state index in [1.165, 1.54) is 0 Å². The van der Waals surface area contributed by atoms with Crippen LogP contribution in [0.2, 0.25) is 0 Å². The van der Waals surface area contributed by atoms with Gasteiger partial charge < -0.3 is 14.8 Å². The van der Waals surface area contributed by atoms with Gasteiger partial charge in [0.1, 0.15) is 18.1 Å². The number of methoxy groups -OCH3 is 1. The SMILES string of the molecule is COc1cccc2c1CC(NC(=O)c1ccccc1)CO2. The highest BCUT2D eigenvalue weighted by Crippen LogP contribution is 2.32. The van der Waals surface area contributed by atoms with Gasteiger partial charge in [0.25, 0.3) is 5.91 Å². The van der Waals surface area contributed by atoms with Crippen LogP contribution in [0.25, 0.3) is 0 Å². The number of nitrogens with one attached hydrogen (secondary N) is 1. The molecule has 0 aliphatic carbocycles. The Morgan fingerprint density at radius 2 is 2.00 bits per heavy atom. The standard InChI is InChI=1S/C17H17NO3/c1-20-15-8-5-9-16-14(15)10-13(11-21-16)18-17(19)12-6-3-2-4-7-12/h2-9,13H,10-11H2,1H3,(H,18,19). The molecule has 0 fully saturated rings. The van der Waals surface area contributed by atoms with Gasteiger partial charge in [0.15, 0.2) is 0 Å². The molecular formula is C17H17NO3. The minimum absolute atomic E-state index is 0.0542. The van der Waals surface area contributed by atoms with Crippen molar-refractivity contribution in [2.45, 2.75) is 12.5 Å². The molecule has 2 aromatic rings. The Bertz CT molecular complexity index is 625. The molecule has 21 heavy (non-hydrogen) atoms. The monoisotopic (exact) mass is 283 g/mol. The largest absolute Gasteiger partial charge is 0.496 e. The molecule has 0 bridgehead atoms. The summed E-state index contributed by atoms with van der Waals surface area (Å²) in [5, 5.41) is 3.01. The van der Waals surface area contributed by atoms with Crippen molar-refractivity contribution in [1.82, 2.24) is 5.32 Å². The molecule has 0 aromatic heterocycles. The maximum Gasteiger partial charge on any atom is 0.251 e. The lowest BCUT2D eigenvalue weighted by Gasteiger charge is -2.27. The third-order valence-corrected chi connectivity index (χ3v) is 3.57. The highest BCUT2D eigenvalue weighted by atomic mass is 16.5. The molecule has 4 heteroatoms. The maximum atomic E-state index is 12.2. The summed E-state index contributed by atoms with van der Waals surface area (Å²) >= 11 is 0. The van der Waals surface area contributed by atoms with E-state index in [0.717, 1.165) is 17.1 Å². The van der Waals surface area contributed by atoms with Crippen molar-refractivity contribution in [3.05, 3.63) is 59.7 Å². The normalized spacial score (nSPS) is 16.5. The molecule has 1 heterocycles. The van der Waals surface area contributed by atoms with Gasteiger partial charge in [0.2, 0.25) is 0 Å². The molecule has 1 N–H and O–H groups in total. The van der Waals surface area contributed by atoms with Gasteiger partial charge in [0.05, 0.1) is 13.2 Å². The number of amides is 1. The lowest BCUT2D eigenvalue weighted by atomic mass is 10.0. The summed E-state index contributed by atoms with van der Waals surface area (Å²) in [5.41, 5.74) is 1.66. The van der Waals surface area contributed by atoms with Crippen LogP contribution in [0.5, 0.6) is 11.5 Å². The van der Waals surface area contributed by atoms with E-state index in [4.69, 9.17) is 9.47 Å². The fourth-order valence-electron chi connectivity index (χ4n) is 2.52. The van der Waals surface area contributed by atoms with E-state index in [0.29, 0.717) is 18.6 Å². The molecule has 0 saturated carbocycles. The van der Waals surface area contributed by atoms with Crippen LogP contribution in [0.4, 0.5) is 0 Å². The first-order valence-electron chi connectivity index (χ1n) is 6.92. The summed E-state index contributed by atoms with van der Waals surface area (Å²) in [4.78, 5) is 12.2. The van der Waals surface area contributed by atoms with Gasteiger partial charge in [0, 0.05) is 17.5 Å². The first-order chi connectivity index (χ1) is 10.3. The zero-order valence-electron chi connectivity index (χ0n) is 11.8. The molecule has 0 saturated heterocycles. The van der Waals surface area contributed by atoms with Crippen LogP contribution in [0, 0.1) is 0 Å². The number of hydrogen-bond acceptors (Lipinski definition) is 3. The number of carbonyl (C=O) groups excluding carboxylic acids is 1. The summed E-state index contributed by atoms with van der Waals surface area (Å²) in [6.45, 7) is 0.471. The Balaban J connectivity index is 1.73. The first-order valence-corrected chi connectivity index (χ1v) is 6.92. The number of hydrogen-bond donors (Lipinski definition) is 1. The van der Waals surface area contributed by atoms with Crippen molar-refractivity contribution < 1.29 is 14.3 Å². The molecule has 0 radical (unpaired) electrons. The van der Waals surface area contributed by atoms with Crippen molar-refractivity contribution in [2.24, 2.45) is 0 Å². The molecule has 4 nitrogen and oxygen atoms in total. The van der Waals surface area contributed by atoms with E-state index in [9.17, 15) is 4.79 Å². The van der Waals surface area contributed by atoms with Crippen LogP contribution >= 0.6 is 0 Å². The second-order valence-corrected chi connectivity index (χ2v) is 4.99. The second kappa shape index (κ2) is 5.87. The molecule has 108 valence electrons. The summed E-state index contributed by atoms with van der Waals surface area (Å²) in [7, 11) is 1.64. The van der Waals surface area contributed by atoms with Gasteiger partial charge in [-0.25, -0.2) is 0 Å². The summed E-state index contributed by atoms with van der Waals surface area (Å²) < 4.78 is 11.1. The van der Waals surface area contributed by atoms with Gasteiger partial charge in [-0.1, -0.05) is 24.3 Å². The van der Waals surface area contributed by atoms with Gasteiger partial charge in [-0.2, -0.15) is 0 Å². The molecule has 1 aliphatic rings. The second-order valence-electron chi connectivity index (χ2n) is 4.99. The number of carbonyl (C=O) groups is 1. The van der Waals surface area contributed by atoms with Crippen LogP contribution in [0.3, 0.4) is 0 Å². The smallest absolute Gasteiger partial charge is 0.251 e.